The fourth-order valence-electron chi connectivity index (χ4n) is 12.6. The van der Waals surface area contributed by atoms with Crippen molar-refractivity contribution in [2.75, 3.05) is 118 Å². The molecule has 8 rings (SSSR count). The first kappa shape index (κ1) is 77.6. The number of carboxylic acid groups (broad SMARTS) is 3. The number of piperidine rings is 1. The lowest BCUT2D eigenvalue weighted by molar-refractivity contribution is -0.140. The molecule has 2 fully saturated rings. The van der Waals surface area contributed by atoms with Gasteiger partial charge in [0.05, 0.1) is 39.3 Å². The predicted molar refractivity (Wildman–Crippen MR) is 379 cm³/mol. The standard InChI is InChI=1S/C74H94FN13O14/c1-50-21-22-53(39-59(50)75)43-77-45-66(91)88-27-23-74(24-28-88,73(101)82-61(70(76)98)41-55-44-80-60-19-12-11-18-56(55)60)83-71(99)57-42-63(58(38-51(57)2)54-16-8-4-9-17-54)102-37-26-79-72(100)62(40-52-14-6-3-7-15-52)81-64(89)20-10-5-13-25-78-65(90)46-84-29-31-85(47-67(92)93)33-35-87(49-69(96)97)36-34-86(32-30-84)48-68(94)95/h3-4,6-9,11-12,14-19,21-22,38-39,42,44,61-62,77,80H,5,10,13,20,23-37,40-41,43,45-49H2,1-2H3,(H2,76,98)(H,78,90)(H,79,100)(H,81,89)(H,82,101)(H,83,99)(H,92,93)(H,94,95)(H,96,97)/t61-,62-/m0/s1. The van der Waals surface area contributed by atoms with E-state index in [0.29, 0.717) is 61.2 Å². The minimum atomic E-state index is -1.65. The number of hydrogen-bond acceptors (Lipinski definition) is 16. The van der Waals surface area contributed by atoms with Crippen LogP contribution in [0.1, 0.15) is 76.7 Å². The van der Waals surface area contributed by atoms with Gasteiger partial charge in [-0.1, -0.05) is 97.4 Å². The third-order valence-corrected chi connectivity index (χ3v) is 18.4. The number of aliphatic carboxylic acids is 3. The lowest BCUT2D eigenvalue weighted by atomic mass is 9.85. The van der Waals surface area contributed by atoms with Crippen molar-refractivity contribution in [1.82, 2.24) is 61.4 Å². The summed E-state index contributed by atoms with van der Waals surface area (Å²) >= 11 is 0. The minimum absolute atomic E-state index is 0.0212. The summed E-state index contributed by atoms with van der Waals surface area (Å²) in [7, 11) is 0. The van der Waals surface area contributed by atoms with Crippen LogP contribution in [-0.4, -0.2) is 240 Å². The maximum atomic E-state index is 15.0. The lowest BCUT2D eigenvalue weighted by Crippen LogP contribution is -2.66. The van der Waals surface area contributed by atoms with E-state index in [1.165, 1.54) is 6.07 Å². The van der Waals surface area contributed by atoms with Crippen LogP contribution >= 0.6 is 0 Å². The van der Waals surface area contributed by atoms with Crippen molar-refractivity contribution in [3.63, 3.8) is 0 Å². The summed E-state index contributed by atoms with van der Waals surface area (Å²) in [5, 5.41) is 47.2. The number of aromatic nitrogens is 1. The quantitative estimate of drug-likeness (QED) is 0.0259. The molecule has 0 unspecified atom stereocenters. The number of carboxylic acids is 3. The number of rotatable bonds is 34. The molecule has 0 saturated carbocycles. The van der Waals surface area contributed by atoms with Gasteiger partial charge in [-0.2, -0.15) is 0 Å². The van der Waals surface area contributed by atoms with E-state index in [1.807, 2.05) is 89.8 Å². The number of aryl methyl sites for hydroxylation is 2. The molecule has 6 aromatic rings. The van der Waals surface area contributed by atoms with Gasteiger partial charge in [0.2, 0.25) is 35.4 Å². The maximum Gasteiger partial charge on any atom is 0.317 e. The molecule has 7 amide bonds. The van der Waals surface area contributed by atoms with Crippen molar-refractivity contribution < 1.29 is 72.4 Å². The van der Waals surface area contributed by atoms with Gasteiger partial charge in [0.15, 0.2) is 0 Å². The molecule has 28 heteroatoms. The summed E-state index contributed by atoms with van der Waals surface area (Å²) in [4.78, 5) is 144. The Balaban J connectivity index is 0.878. The van der Waals surface area contributed by atoms with Crippen LogP contribution in [0.5, 0.6) is 5.75 Å². The molecule has 5 aromatic carbocycles. The first-order valence-corrected chi connectivity index (χ1v) is 34.5. The SMILES string of the molecule is Cc1ccc(CNCC(=O)N2CCC(NC(=O)c3cc(OCCNC(=O)[C@H](Cc4ccccc4)NC(=O)CCCCCNC(=O)CN4CCN(CC(=O)O)CCN(CC(=O)O)CCN(CC(=O)O)CC4)c(-c4ccccc4)cc3C)(C(=O)N[C@@H](Cc3c[nH]c4ccccc34)C(N)=O)CC2)cc1F. The number of fused-ring (bicyclic) bond motifs is 1. The molecular formula is C74H94FN13O14. The summed E-state index contributed by atoms with van der Waals surface area (Å²) in [5.41, 5.74) is 9.93. The Morgan fingerprint density at radius 3 is 1.81 bits per heavy atom. The number of nitrogens with one attached hydrogen (secondary N) is 7. The molecule has 0 spiro atoms. The highest BCUT2D eigenvalue weighted by Crippen LogP contribution is 2.34. The van der Waals surface area contributed by atoms with Crippen molar-refractivity contribution >= 4 is 70.2 Å². The van der Waals surface area contributed by atoms with Gasteiger partial charge in [-0.05, 0) is 97.2 Å². The molecule has 0 aliphatic carbocycles. The third kappa shape index (κ3) is 24.0. The Morgan fingerprint density at radius 1 is 0.608 bits per heavy atom. The van der Waals surface area contributed by atoms with Crippen molar-refractivity contribution in [2.24, 2.45) is 5.73 Å². The Morgan fingerprint density at radius 2 is 1.21 bits per heavy atom. The normalized spacial score (nSPS) is 15.5. The number of nitrogens with zero attached hydrogens (tertiary/aromatic N) is 5. The summed E-state index contributed by atoms with van der Waals surface area (Å²) in [5.74, 6) is -6.74. The fraction of sp³-hybridized carbons (Fsp3) is 0.432. The lowest BCUT2D eigenvalue weighted by Gasteiger charge is -2.41. The predicted octanol–water partition coefficient (Wildman–Crippen LogP) is 3.06. The smallest absolute Gasteiger partial charge is 0.317 e. The topological polar surface area (TPSA) is 371 Å². The van der Waals surface area contributed by atoms with E-state index in [9.17, 15) is 67.7 Å². The van der Waals surface area contributed by atoms with Crippen LogP contribution in [0.25, 0.3) is 22.0 Å². The van der Waals surface area contributed by atoms with E-state index >= 15 is 0 Å². The number of unbranched alkanes of at least 4 members (excludes halogenated alkanes) is 2. The van der Waals surface area contributed by atoms with Gasteiger partial charge in [-0.15, -0.1) is 0 Å². The average molecular weight is 1410 g/mol. The van der Waals surface area contributed by atoms with Crippen LogP contribution in [-0.2, 0) is 62.5 Å². The summed E-state index contributed by atoms with van der Waals surface area (Å²) < 4.78 is 20.8. The number of primary amides is 1. The highest BCUT2D eigenvalue weighted by molar-refractivity contribution is 6.02. The second-order valence-corrected chi connectivity index (χ2v) is 26.0. The van der Waals surface area contributed by atoms with Crippen molar-refractivity contribution in [1.29, 1.82) is 0 Å². The van der Waals surface area contributed by atoms with Crippen molar-refractivity contribution in [2.45, 2.75) is 89.4 Å². The van der Waals surface area contributed by atoms with Gasteiger partial charge >= 0.3 is 17.9 Å². The molecule has 27 nitrogen and oxygen atoms in total. The second kappa shape index (κ2) is 38.6. The van der Waals surface area contributed by atoms with Crippen molar-refractivity contribution in [3.8, 4) is 16.9 Å². The summed E-state index contributed by atoms with van der Waals surface area (Å²) in [6, 6.07) is 32.1. The van der Waals surface area contributed by atoms with Crippen LogP contribution in [0.15, 0.2) is 121 Å². The maximum absolute atomic E-state index is 15.0. The van der Waals surface area contributed by atoms with Gasteiger partial charge in [-0.25, -0.2) is 4.39 Å². The fourth-order valence-corrected chi connectivity index (χ4v) is 12.6. The first-order chi connectivity index (χ1) is 49.0. The molecule has 2 saturated heterocycles. The molecule has 546 valence electrons. The van der Waals surface area contributed by atoms with Crippen molar-refractivity contribution in [3.05, 3.63) is 161 Å². The van der Waals surface area contributed by atoms with E-state index in [1.54, 1.807) is 63.9 Å². The van der Waals surface area contributed by atoms with E-state index in [4.69, 9.17) is 10.5 Å². The third-order valence-electron chi connectivity index (χ3n) is 18.4. The van der Waals surface area contributed by atoms with E-state index in [-0.39, 0.29) is 172 Å². The number of H-pyrrole nitrogens is 1. The Labute approximate surface area is 592 Å². The molecular weight excluding hydrogens is 1310 g/mol. The number of ether oxygens (including phenoxy) is 1. The number of carbonyl (C=O) groups excluding carboxylic acids is 7. The Bertz CT molecular complexity index is 3840. The van der Waals surface area contributed by atoms with Gasteiger partial charge in [0, 0.05) is 126 Å². The number of carbonyl (C=O) groups is 10. The van der Waals surface area contributed by atoms with Gasteiger partial charge in [-0.3, -0.25) is 67.5 Å². The van der Waals surface area contributed by atoms with Gasteiger partial charge in [0.1, 0.15) is 35.8 Å². The minimum Gasteiger partial charge on any atom is -0.491 e. The number of nitrogens with two attached hydrogens (primary N) is 1. The van der Waals surface area contributed by atoms with E-state index in [2.05, 4.69) is 36.9 Å². The molecule has 102 heavy (non-hydrogen) atoms. The number of para-hydroxylation sites is 1. The molecule has 12 N–H and O–H groups in total. The molecule has 2 atom stereocenters. The number of likely N-dealkylation sites (tertiary alicyclic amines) is 1. The molecule has 3 heterocycles. The average Bonchev–Trinajstić information content (AvgIpc) is 1.31. The zero-order valence-corrected chi connectivity index (χ0v) is 57.8. The monoisotopic (exact) mass is 1410 g/mol. The summed E-state index contributed by atoms with van der Waals surface area (Å²) in [6.45, 7) is 5.08. The van der Waals surface area contributed by atoms with Crippen LogP contribution in [0.3, 0.4) is 0 Å². The number of hydrogen-bond donors (Lipinski definition) is 11. The first-order valence-electron chi connectivity index (χ1n) is 34.5. The number of aromatic amines is 1. The molecule has 0 bridgehead atoms. The number of amides is 7. The van der Waals surface area contributed by atoms with Crippen LogP contribution in [0.4, 0.5) is 4.39 Å². The molecule has 2 aliphatic rings. The zero-order valence-electron chi connectivity index (χ0n) is 57.8. The zero-order chi connectivity index (χ0) is 73.1. The highest BCUT2D eigenvalue weighted by atomic mass is 19.1. The Hall–Kier alpha value is -10.1. The van der Waals surface area contributed by atoms with Crippen LogP contribution < -0.4 is 42.4 Å². The summed E-state index contributed by atoms with van der Waals surface area (Å²) in [6.07, 6.45) is 3.52. The van der Waals surface area contributed by atoms with Crippen LogP contribution in [0, 0.1) is 19.7 Å². The molecule has 1 aromatic heterocycles. The Kier molecular flexibility index (Phi) is 29.4. The van der Waals surface area contributed by atoms with E-state index < -0.39 is 59.2 Å². The number of halogens is 1. The second-order valence-electron chi connectivity index (χ2n) is 26.0. The van der Waals surface area contributed by atoms with Gasteiger partial charge < -0.3 is 67.6 Å². The molecule has 0 radical (unpaired) electrons. The largest absolute Gasteiger partial charge is 0.491 e. The van der Waals surface area contributed by atoms with Crippen LogP contribution in [0.2, 0.25) is 0 Å². The van der Waals surface area contributed by atoms with Gasteiger partial charge in [0.25, 0.3) is 5.91 Å². The number of benzene rings is 5. The van der Waals surface area contributed by atoms with E-state index in [0.717, 1.165) is 27.6 Å². The molecule has 2 aliphatic heterocycles. The highest BCUT2D eigenvalue weighted by Gasteiger charge is 2.45.